The summed E-state index contributed by atoms with van der Waals surface area (Å²) < 4.78 is 92.0. The highest BCUT2D eigenvalue weighted by Crippen LogP contribution is 2.39. The molecule has 0 saturated carbocycles. The molecule has 4 nitrogen and oxygen atoms in total. The van der Waals surface area contributed by atoms with Gasteiger partial charge in [0.2, 0.25) is 0 Å². The van der Waals surface area contributed by atoms with E-state index in [2.05, 4.69) is 5.10 Å². The molecule has 4 rings (SSSR count). The number of thiophene rings is 1. The van der Waals surface area contributed by atoms with E-state index >= 15 is 0 Å². The number of alkyl halides is 3. The third-order valence-electron chi connectivity index (χ3n) is 4.54. The van der Waals surface area contributed by atoms with Crippen LogP contribution < -0.4 is 0 Å². The fourth-order valence-corrected chi connectivity index (χ4v) is 4.71. The summed E-state index contributed by atoms with van der Waals surface area (Å²) in [6, 6.07) is 12.6. The molecule has 0 unspecified atom stereocenters. The van der Waals surface area contributed by atoms with Crippen LogP contribution in [-0.4, -0.2) is 24.5 Å². The van der Waals surface area contributed by atoms with Crippen LogP contribution in [0.4, 0.5) is 22.0 Å². The van der Waals surface area contributed by atoms with Gasteiger partial charge in [0.25, 0.3) is 0 Å². The number of hydrogen-bond acceptors (Lipinski definition) is 4. The third kappa shape index (κ3) is 4.30. The molecule has 0 aliphatic heterocycles. The van der Waals surface area contributed by atoms with Crippen LogP contribution in [0, 0.1) is 11.6 Å². The molecule has 2 aromatic carbocycles. The van der Waals surface area contributed by atoms with Crippen molar-refractivity contribution in [3.8, 4) is 26.7 Å². The van der Waals surface area contributed by atoms with Crippen molar-refractivity contribution in [3.63, 3.8) is 0 Å². The summed E-state index contributed by atoms with van der Waals surface area (Å²) in [5, 5.41) is 3.50. The Bertz CT molecular complexity index is 1420. The summed E-state index contributed by atoms with van der Waals surface area (Å²) in [6.45, 7) is 0. The number of nitrogens with zero attached hydrogens (tertiary/aromatic N) is 2. The van der Waals surface area contributed by atoms with Crippen molar-refractivity contribution in [1.82, 2.24) is 9.78 Å². The highest BCUT2D eigenvalue weighted by atomic mass is 32.2. The number of rotatable bonds is 4. The molecule has 0 aliphatic carbocycles. The molecule has 0 atom stereocenters. The highest BCUT2D eigenvalue weighted by Gasteiger charge is 2.35. The van der Waals surface area contributed by atoms with Crippen LogP contribution in [0.5, 0.6) is 0 Å². The van der Waals surface area contributed by atoms with E-state index in [-0.39, 0.29) is 16.3 Å². The SMILES string of the molecule is CS(=O)(=O)c1cccc(-c2ccc(-c3cc(C(F)(F)F)nn3-c3ccc(F)cc3F)s2)c1. The molecular formula is C21H13F5N2O2S2. The minimum atomic E-state index is -4.78. The summed E-state index contributed by atoms with van der Waals surface area (Å²) in [7, 11) is -3.45. The van der Waals surface area contributed by atoms with E-state index < -0.39 is 33.3 Å². The maximum atomic E-state index is 14.3. The number of hydrogen-bond donors (Lipinski definition) is 0. The van der Waals surface area contributed by atoms with E-state index in [4.69, 9.17) is 0 Å². The smallest absolute Gasteiger partial charge is 0.229 e. The Morgan fingerprint density at radius 1 is 0.938 bits per heavy atom. The molecule has 2 aromatic heterocycles. The first kappa shape index (κ1) is 22.2. The molecule has 11 heteroatoms. The normalized spacial score (nSPS) is 12.3. The second-order valence-corrected chi connectivity index (χ2v) is 9.98. The number of benzene rings is 2. The summed E-state index contributed by atoms with van der Waals surface area (Å²) in [5.41, 5.74) is -1.06. The number of sulfone groups is 1. The highest BCUT2D eigenvalue weighted by molar-refractivity contribution is 7.90. The van der Waals surface area contributed by atoms with Crippen LogP contribution in [0.3, 0.4) is 0 Å². The standard InChI is InChI=1S/C21H13F5N2O2S2/c1-32(29,30)14-4-2-3-12(9-14)18-7-8-19(31-18)17-11-20(21(24,25)26)27-28(17)16-6-5-13(22)10-15(16)23/h2-11H,1H3. The molecule has 4 aromatic rings. The fourth-order valence-electron chi connectivity index (χ4n) is 3.04. The Hall–Kier alpha value is -3.05. The number of halogens is 5. The largest absolute Gasteiger partial charge is 0.435 e. The summed E-state index contributed by atoms with van der Waals surface area (Å²) in [4.78, 5) is 1.02. The van der Waals surface area contributed by atoms with Gasteiger partial charge < -0.3 is 0 Å². The fraction of sp³-hybridized carbons (Fsp3) is 0.0952. The molecule has 0 aliphatic rings. The van der Waals surface area contributed by atoms with Gasteiger partial charge in [0.15, 0.2) is 21.3 Å². The zero-order valence-corrected chi connectivity index (χ0v) is 17.8. The number of aromatic nitrogens is 2. The Labute approximate surface area is 183 Å². The molecule has 32 heavy (non-hydrogen) atoms. The maximum Gasteiger partial charge on any atom is 0.435 e. The molecule has 0 saturated heterocycles. The van der Waals surface area contributed by atoms with Crippen molar-refractivity contribution in [1.29, 1.82) is 0 Å². The Balaban J connectivity index is 1.85. The van der Waals surface area contributed by atoms with Gasteiger partial charge in [-0.05, 0) is 48.0 Å². The Kier molecular flexibility index (Phi) is 5.41. The van der Waals surface area contributed by atoms with E-state index in [1.807, 2.05) is 0 Å². The topological polar surface area (TPSA) is 52.0 Å². The van der Waals surface area contributed by atoms with Crippen LogP contribution in [0.15, 0.2) is 65.6 Å². The zero-order valence-electron chi connectivity index (χ0n) is 16.2. The van der Waals surface area contributed by atoms with Crippen molar-refractivity contribution < 1.29 is 30.4 Å². The van der Waals surface area contributed by atoms with E-state index in [0.717, 1.165) is 40.5 Å². The first-order valence-corrected chi connectivity index (χ1v) is 11.7. The minimum absolute atomic E-state index is 0.0432. The van der Waals surface area contributed by atoms with Gasteiger partial charge in [-0.2, -0.15) is 18.3 Å². The average Bonchev–Trinajstić information content (AvgIpc) is 3.34. The molecule has 0 fully saturated rings. The lowest BCUT2D eigenvalue weighted by atomic mass is 10.2. The molecular weight excluding hydrogens is 471 g/mol. The molecule has 166 valence electrons. The Morgan fingerprint density at radius 3 is 2.31 bits per heavy atom. The van der Waals surface area contributed by atoms with Crippen molar-refractivity contribution >= 4 is 21.2 Å². The van der Waals surface area contributed by atoms with Gasteiger partial charge in [-0.25, -0.2) is 21.9 Å². The van der Waals surface area contributed by atoms with Gasteiger partial charge in [0.1, 0.15) is 11.5 Å². The van der Waals surface area contributed by atoms with Crippen LogP contribution in [-0.2, 0) is 16.0 Å². The first-order valence-electron chi connectivity index (χ1n) is 8.97. The van der Waals surface area contributed by atoms with Crippen molar-refractivity contribution in [2.24, 2.45) is 0 Å². The van der Waals surface area contributed by atoms with Crippen molar-refractivity contribution in [3.05, 3.63) is 78.0 Å². The average molecular weight is 484 g/mol. The lowest BCUT2D eigenvalue weighted by Crippen LogP contribution is -2.08. The summed E-state index contributed by atoms with van der Waals surface area (Å²) in [6.07, 6.45) is -3.71. The molecule has 0 bridgehead atoms. The molecule has 0 radical (unpaired) electrons. The maximum absolute atomic E-state index is 14.3. The van der Waals surface area contributed by atoms with E-state index in [1.165, 1.54) is 18.2 Å². The van der Waals surface area contributed by atoms with Gasteiger partial charge in [0.05, 0.1) is 15.5 Å². The van der Waals surface area contributed by atoms with Gasteiger partial charge in [-0.15, -0.1) is 11.3 Å². The van der Waals surface area contributed by atoms with Gasteiger partial charge >= 0.3 is 6.18 Å². The van der Waals surface area contributed by atoms with Crippen LogP contribution in [0.2, 0.25) is 0 Å². The van der Waals surface area contributed by atoms with Gasteiger partial charge in [0, 0.05) is 17.2 Å². The minimum Gasteiger partial charge on any atom is -0.229 e. The predicted octanol–water partition coefficient (Wildman–Crippen LogP) is 5.97. The molecule has 0 amide bonds. The van der Waals surface area contributed by atoms with E-state index in [1.54, 1.807) is 18.2 Å². The van der Waals surface area contributed by atoms with E-state index in [0.29, 0.717) is 21.4 Å². The molecule has 0 spiro atoms. The second-order valence-electron chi connectivity index (χ2n) is 6.88. The van der Waals surface area contributed by atoms with E-state index in [9.17, 15) is 30.4 Å². The van der Waals surface area contributed by atoms with Gasteiger partial charge in [-0.1, -0.05) is 12.1 Å². The lowest BCUT2D eigenvalue weighted by molar-refractivity contribution is -0.141. The predicted molar refractivity (Wildman–Crippen MR) is 110 cm³/mol. The van der Waals surface area contributed by atoms with Crippen LogP contribution in [0.1, 0.15) is 5.69 Å². The van der Waals surface area contributed by atoms with Crippen molar-refractivity contribution in [2.45, 2.75) is 11.1 Å². The first-order chi connectivity index (χ1) is 14.9. The monoisotopic (exact) mass is 484 g/mol. The van der Waals surface area contributed by atoms with Crippen molar-refractivity contribution in [2.75, 3.05) is 6.26 Å². The van der Waals surface area contributed by atoms with Gasteiger partial charge in [-0.3, -0.25) is 0 Å². The lowest BCUT2D eigenvalue weighted by Gasteiger charge is -2.07. The second kappa shape index (κ2) is 7.82. The molecule has 0 N–H and O–H groups in total. The van der Waals surface area contributed by atoms with Crippen LogP contribution in [0.25, 0.3) is 26.7 Å². The quantitative estimate of drug-likeness (QED) is 0.336. The third-order valence-corrected chi connectivity index (χ3v) is 6.81. The summed E-state index contributed by atoms with van der Waals surface area (Å²) >= 11 is 1.08. The summed E-state index contributed by atoms with van der Waals surface area (Å²) in [5.74, 6) is -1.94. The molecule has 2 heterocycles. The zero-order chi connectivity index (χ0) is 23.3. The Morgan fingerprint density at radius 2 is 1.66 bits per heavy atom. The van der Waals surface area contributed by atoms with Crippen LogP contribution >= 0.6 is 11.3 Å².